The van der Waals surface area contributed by atoms with Crippen molar-refractivity contribution < 1.29 is 9.53 Å². The molecule has 2 saturated heterocycles. The van der Waals surface area contributed by atoms with Gasteiger partial charge in [-0.3, -0.25) is 14.4 Å². The zero-order valence-corrected chi connectivity index (χ0v) is 26.8. The van der Waals surface area contributed by atoms with Gasteiger partial charge in [0.25, 0.3) is 0 Å². The lowest BCUT2D eigenvalue weighted by Gasteiger charge is -2.50. The third-order valence-corrected chi connectivity index (χ3v) is 10.3. The van der Waals surface area contributed by atoms with Gasteiger partial charge in [0.15, 0.2) is 0 Å². The van der Waals surface area contributed by atoms with Gasteiger partial charge in [-0.15, -0.1) is 0 Å². The van der Waals surface area contributed by atoms with Crippen molar-refractivity contribution in [3.8, 4) is 40.3 Å². The van der Waals surface area contributed by atoms with Crippen LogP contribution in [0.4, 0.5) is 5.82 Å². The Balaban J connectivity index is 1.07. The summed E-state index contributed by atoms with van der Waals surface area (Å²) >= 11 is 0. The Morgan fingerprint density at radius 1 is 0.979 bits per heavy atom. The maximum absolute atomic E-state index is 11.8. The third kappa shape index (κ3) is 4.97. The molecule has 0 unspecified atom stereocenters. The van der Waals surface area contributed by atoms with Crippen molar-refractivity contribution in [2.75, 3.05) is 25.1 Å². The normalized spacial score (nSPS) is 22.7. The van der Waals surface area contributed by atoms with E-state index in [2.05, 4.69) is 43.2 Å². The Morgan fingerprint density at radius 2 is 1.83 bits per heavy atom. The molecule has 2 aliphatic heterocycles. The number of likely N-dealkylation sites (tertiary alicyclic amines) is 1. The number of anilines is 1. The van der Waals surface area contributed by atoms with Gasteiger partial charge in [-0.05, 0) is 43.5 Å². The molecule has 3 atom stereocenters. The second-order valence-corrected chi connectivity index (χ2v) is 13.3. The van der Waals surface area contributed by atoms with Crippen LogP contribution in [-0.2, 0) is 11.3 Å². The monoisotopic (exact) mass is 638 g/mol. The predicted octanol–water partition coefficient (Wildman–Crippen LogP) is 4.82. The first-order valence-corrected chi connectivity index (χ1v) is 16.2. The fourth-order valence-electron chi connectivity index (χ4n) is 7.74. The Morgan fingerprint density at radius 3 is 2.54 bits per heavy atom. The van der Waals surface area contributed by atoms with Crippen molar-refractivity contribution >= 4 is 17.1 Å². The molecule has 0 spiro atoms. The molecule has 7 heterocycles. The van der Waals surface area contributed by atoms with E-state index in [1.807, 2.05) is 66.9 Å². The Labute approximate surface area is 277 Å². The molecule has 12 heteroatoms. The summed E-state index contributed by atoms with van der Waals surface area (Å²) in [7, 11) is 1.61. The number of nitrogens with zero attached hydrogens (tertiary/aromatic N) is 10. The number of Topliss-reactive ketones (excluding diaryl/α,β-unsaturated/α-hetero) is 1. The van der Waals surface area contributed by atoms with Crippen LogP contribution >= 0.6 is 0 Å². The number of ether oxygens (including phenoxy) is 1. The number of methoxy groups -OCH3 is 1. The fourth-order valence-corrected chi connectivity index (χ4v) is 7.74. The first-order valence-electron chi connectivity index (χ1n) is 16.2. The third-order valence-electron chi connectivity index (χ3n) is 10.3. The molecule has 5 aromatic rings. The maximum Gasteiger partial charge on any atom is 0.212 e. The number of carbonyl (C=O) groups is 1. The summed E-state index contributed by atoms with van der Waals surface area (Å²) in [5.41, 5.74) is 5.29. The van der Waals surface area contributed by atoms with E-state index in [9.17, 15) is 15.3 Å². The number of fused-ring (bicyclic) bond motifs is 2. The molecule has 1 saturated carbocycles. The number of hydrogen-bond acceptors (Lipinski definition) is 10. The minimum absolute atomic E-state index is 0.0148. The minimum atomic E-state index is -0.555. The van der Waals surface area contributed by atoms with E-state index in [-0.39, 0.29) is 18.1 Å². The van der Waals surface area contributed by atoms with Crippen LogP contribution in [0.15, 0.2) is 67.5 Å². The van der Waals surface area contributed by atoms with Crippen LogP contribution in [0.3, 0.4) is 0 Å². The summed E-state index contributed by atoms with van der Waals surface area (Å²) < 4.78 is 8.92. The van der Waals surface area contributed by atoms with E-state index in [1.165, 1.54) is 0 Å². The van der Waals surface area contributed by atoms with E-state index < -0.39 is 5.41 Å². The van der Waals surface area contributed by atoms with Crippen LogP contribution in [0.2, 0.25) is 0 Å². The molecule has 1 aliphatic carbocycles. The van der Waals surface area contributed by atoms with Crippen molar-refractivity contribution in [3.63, 3.8) is 0 Å². The van der Waals surface area contributed by atoms with Gasteiger partial charge in [-0.1, -0.05) is 6.07 Å². The van der Waals surface area contributed by atoms with E-state index in [1.54, 1.807) is 17.8 Å². The van der Waals surface area contributed by atoms with Gasteiger partial charge in [-0.25, -0.2) is 14.5 Å². The van der Waals surface area contributed by atoms with Crippen molar-refractivity contribution in [3.05, 3.63) is 78.6 Å². The highest BCUT2D eigenvalue weighted by Crippen LogP contribution is 2.46. The lowest BCUT2D eigenvalue weighted by molar-refractivity contribution is -0.120. The number of hydrogen-bond donors (Lipinski definition) is 0. The smallest absolute Gasteiger partial charge is 0.212 e. The largest absolute Gasteiger partial charge is 0.481 e. The minimum Gasteiger partial charge on any atom is -0.481 e. The number of carbonyl (C=O) groups excluding carboxylic acids is 1. The van der Waals surface area contributed by atoms with Crippen molar-refractivity contribution in [2.45, 2.75) is 57.3 Å². The molecule has 3 fully saturated rings. The number of pyridine rings is 3. The van der Waals surface area contributed by atoms with Gasteiger partial charge in [0.2, 0.25) is 5.88 Å². The van der Waals surface area contributed by atoms with Crippen molar-refractivity contribution in [1.82, 2.24) is 34.3 Å². The number of rotatable bonds is 7. The van der Waals surface area contributed by atoms with E-state index >= 15 is 0 Å². The molecule has 0 amide bonds. The first kappa shape index (κ1) is 29.8. The zero-order valence-electron chi connectivity index (χ0n) is 26.8. The molecule has 5 aromatic heterocycles. The summed E-state index contributed by atoms with van der Waals surface area (Å²) in [6.07, 6.45) is 13.9. The second kappa shape index (κ2) is 11.6. The highest BCUT2D eigenvalue weighted by atomic mass is 16.5. The lowest BCUT2D eigenvalue weighted by Crippen LogP contribution is -2.65. The number of ketones is 1. The summed E-state index contributed by atoms with van der Waals surface area (Å²) in [4.78, 5) is 25.6. The molecule has 48 heavy (non-hydrogen) atoms. The molecule has 0 radical (unpaired) electrons. The van der Waals surface area contributed by atoms with Gasteiger partial charge in [-0.2, -0.15) is 20.7 Å². The quantitative estimate of drug-likeness (QED) is 0.244. The Hall–Kier alpha value is -5.59. The van der Waals surface area contributed by atoms with Crippen LogP contribution < -0.4 is 9.64 Å². The predicted molar refractivity (Wildman–Crippen MR) is 177 cm³/mol. The molecule has 240 valence electrons. The van der Waals surface area contributed by atoms with Gasteiger partial charge in [0.05, 0.1) is 54.2 Å². The highest BCUT2D eigenvalue weighted by Gasteiger charge is 2.59. The van der Waals surface area contributed by atoms with Gasteiger partial charge < -0.3 is 9.64 Å². The second-order valence-electron chi connectivity index (χ2n) is 13.3. The SMILES string of the molecule is COc1ccc(CN2C[C@@](C)(C#N)[C@H]3[C@@H]2CN3c2ccc(-c3cc(-c4cnn(C5CCC(=O)CC5)c4)cn4ncc(C#N)c34)cn2)cn1. The average Bonchev–Trinajstić information content (AvgIpc) is 3.81. The van der Waals surface area contributed by atoms with Gasteiger partial charge >= 0.3 is 0 Å². The van der Waals surface area contributed by atoms with Crippen LogP contribution in [0.1, 0.15) is 49.8 Å². The van der Waals surface area contributed by atoms with Crippen LogP contribution in [0.25, 0.3) is 27.8 Å². The van der Waals surface area contributed by atoms with Gasteiger partial charge in [0.1, 0.15) is 17.7 Å². The van der Waals surface area contributed by atoms with Crippen LogP contribution in [0.5, 0.6) is 5.88 Å². The summed E-state index contributed by atoms with van der Waals surface area (Å²) in [5.74, 6) is 1.73. The molecule has 0 bridgehead atoms. The number of nitriles is 2. The van der Waals surface area contributed by atoms with E-state index in [0.29, 0.717) is 43.2 Å². The molecule has 8 rings (SSSR count). The van der Waals surface area contributed by atoms with Crippen LogP contribution in [-0.4, -0.2) is 72.3 Å². The molecular formula is C36H34N10O2. The zero-order chi connectivity index (χ0) is 33.0. The fraction of sp³-hybridized carbons (Fsp3) is 0.361. The molecular weight excluding hydrogens is 604 g/mol. The summed E-state index contributed by atoms with van der Waals surface area (Å²) in [5, 5.41) is 29.3. The molecule has 0 N–H and O–H groups in total. The Bertz CT molecular complexity index is 2100. The maximum atomic E-state index is 11.8. The molecule has 12 nitrogen and oxygen atoms in total. The topological polar surface area (TPSA) is 141 Å². The van der Waals surface area contributed by atoms with Crippen molar-refractivity contribution in [1.29, 1.82) is 10.5 Å². The highest BCUT2D eigenvalue weighted by molar-refractivity contribution is 5.87. The number of aromatic nitrogens is 6. The summed E-state index contributed by atoms with van der Waals surface area (Å²) in [6, 6.07) is 15.3. The van der Waals surface area contributed by atoms with Crippen LogP contribution in [0, 0.1) is 28.1 Å². The molecule has 0 aromatic carbocycles. The standard InChI is InChI=1S/C36H34N10O2/c1-36(21-38)22-43(17-23-3-10-33(48-2)40-13-23)31-20-44(35(31)36)32-9-4-24(14-39-32)30-11-25(18-46-34(30)26(12-37)15-42-46)27-16-41-45(19-27)28-5-7-29(47)8-6-28/h3-4,9-11,13-16,18-19,28,31,35H,5-8,17,20,22H2,1-2H3/t31-,35+,36+/m0/s1. The Kier molecular flexibility index (Phi) is 7.19. The summed E-state index contributed by atoms with van der Waals surface area (Å²) in [6.45, 7) is 4.20. The average molecular weight is 639 g/mol. The lowest BCUT2D eigenvalue weighted by atomic mass is 9.78. The molecule has 3 aliphatic rings. The van der Waals surface area contributed by atoms with Gasteiger partial charge in [0, 0.05) is 91.6 Å². The first-order chi connectivity index (χ1) is 23.4. The van der Waals surface area contributed by atoms with E-state index in [4.69, 9.17) is 9.72 Å². The van der Waals surface area contributed by atoms with Crippen molar-refractivity contribution in [2.24, 2.45) is 5.41 Å². The van der Waals surface area contributed by atoms with E-state index in [0.717, 1.165) is 58.5 Å².